The van der Waals surface area contributed by atoms with E-state index < -0.39 is 0 Å². The Balaban J connectivity index is 2.39. The molecule has 0 radical (unpaired) electrons. The first-order valence-electron chi connectivity index (χ1n) is 7.90. The topological polar surface area (TPSA) is 15.3 Å². The maximum absolute atomic E-state index is 13.6. The van der Waals surface area contributed by atoms with Crippen molar-refractivity contribution in [2.45, 2.75) is 45.2 Å². The van der Waals surface area contributed by atoms with E-state index in [4.69, 9.17) is 0 Å². The molecule has 21 heavy (non-hydrogen) atoms. The second-order valence-corrected chi connectivity index (χ2v) is 7.12. The van der Waals surface area contributed by atoms with Crippen LogP contribution in [0.3, 0.4) is 0 Å². The molecule has 1 aromatic rings. The molecule has 0 spiro atoms. The van der Waals surface area contributed by atoms with Crippen molar-refractivity contribution in [1.29, 1.82) is 0 Å². The molecular weight excluding hydrogens is 331 g/mol. The van der Waals surface area contributed by atoms with Gasteiger partial charge in [0.2, 0.25) is 0 Å². The smallest absolute Gasteiger partial charge is 0.137 e. The van der Waals surface area contributed by atoms with Crippen molar-refractivity contribution in [3.05, 3.63) is 34.1 Å². The highest BCUT2D eigenvalue weighted by Gasteiger charge is 2.32. The Hall–Kier alpha value is -0.450. The predicted octanol–water partition coefficient (Wildman–Crippen LogP) is 4.36. The van der Waals surface area contributed by atoms with Crippen LogP contribution in [-0.4, -0.2) is 31.1 Å². The maximum Gasteiger partial charge on any atom is 0.137 e. The number of benzene rings is 1. The molecule has 0 aromatic heterocycles. The lowest BCUT2D eigenvalue weighted by molar-refractivity contribution is 0.118. The van der Waals surface area contributed by atoms with E-state index in [1.54, 1.807) is 6.07 Å². The van der Waals surface area contributed by atoms with Crippen molar-refractivity contribution in [3.8, 4) is 0 Å². The monoisotopic (exact) mass is 356 g/mol. The van der Waals surface area contributed by atoms with Crippen molar-refractivity contribution < 1.29 is 4.39 Å². The van der Waals surface area contributed by atoms with Crippen LogP contribution < -0.4 is 5.32 Å². The summed E-state index contributed by atoms with van der Waals surface area (Å²) >= 11 is 3.34. The fourth-order valence-corrected chi connectivity index (χ4v) is 3.88. The van der Waals surface area contributed by atoms with Crippen molar-refractivity contribution in [1.82, 2.24) is 10.2 Å². The molecule has 1 heterocycles. The second kappa shape index (κ2) is 7.70. The lowest BCUT2D eigenvalue weighted by atomic mass is 9.88. The quantitative estimate of drug-likeness (QED) is 0.861. The molecule has 0 saturated carbocycles. The first kappa shape index (κ1) is 16.9. The van der Waals surface area contributed by atoms with E-state index in [2.05, 4.69) is 40.0 Å². The number of rotatable bonds is 4. The Morgan fingerprint density at radius 1 is 1.38 bits per heavy atom. The maximum atomic E-state index is 13.6. The van der Waals surface area contributed by atoms with Gasteiger partial charge in [0.05, 0.1) is 4.47 Å². The Kier molecular flexibility index (Phi) is 6.20. The van der Waals surface area contributed by atoms with E-state index >= 15 is 0 Å². The summed E-state index contributed by atoms with van der Waals surface area (Å²) in [4.78, 5) is 2.58. The van der Waals surface area contributed by atoms with Gasteiger partial charge in [0.1, 0.15) is 5.82 Å². The Labute approximate surface area is 136 Å². The third-order valence-corrected chi connectivity index (χ3v) is 5.07. The van der Waals surface area contributed by atoms with Crippen molar-refractivity contribution in [2.75, 3.05) is 20.1 Å². The van der Waals surface area contributed by atoms with Gasteiger partial charge in [0.25, 0.3) is 0 Å². The standard InChI is InChI=1S/C17H26BrFN2/c1-12(2)21-9-5-4-6-14(11-20-3)17(21)13-7-8-16(19)15(18)10-13/h7-8,10,12,14,17,20H,4-6,9,11H2,1-3H3. The average molecular weight is 357 g/mol. The summed E-state index contributed by atoms with van der Waals surface area (Å²) in [5, 5.41) is 3.34. The first-order valence-corrected chi connectivity index (χ1v) is 8.69. The van der Waals surface area contributed by atoms with Crippen molar-refractivity contribution >= 4 is 15.9 Å². The summed E-state index contributed by atoms with van der Waals surface area (Å²) in [5.41, 5.74) is 1.22. The molecule has 2 rings (SSSR count). The van der Waals surface area contributed by atoms with E-state index in [-0.39, 0.29) is 5.82 Å². The molecule has 0 amide bonds. The highest BCUT2D eigenvalue weighted by molar-refractivity contribution is 9.10. The zero-order valence-electron chi connectivity index (χ0n) is 13.2. The van der Waals surface area contributed by atoms with Crippen molar-refractivity contribution in [3.63, 3.8) is 0 Å². The zero-order valence-corrected chi connectivity index (χ0v) is 14.8. The van der Waals surface area contributed by atoms with Gasteiger partial charge in [-0.05, 0) is 86.4 Å². The molecule has 0 aliphatic carbocycles. The normalized spacial score (nSPS) is 24.3. The molecule has 1 fully saturated rings. The predicted molar refractivity (Wildman–Crippen MR) is 90.0 cm³/mol. The summed E-state index contributed by atoms with van der Waals surface area (Å²) in [5.74, 6) is 0.380. The molecule has 2 unspecified atom stereocenters. The van der Waals surface area contributed by atoms with Crippen LogP contribution in [0.5, 0.6) is 0 Å². The van der Waals surface area contributed by atoms with Gasteiger partial charge in [-0.3, -0.25) is 4.90 Å². The van der Waals surface area contributed by atoms with E-state index in [1.165, 1.54) is 24.8 Å². The first-order chi connectivity index (χ1) is 10.0. The third-order valence-electron chi connectivity index (χ3n) is 4.46. The van der Waals surface area contributed by atoms with Crippen molar-refractivity contribution in [2.24, 2.45) is 5.92 Å². The number of nitrogens with one attached hydrogen (secondary N) is 1. The number of hydrogen-bond donors (Lipinski definition) is 1. The minimum absolute atomic E-state index is 0.186. The molecule has 2 atom stereocenters. The van der Waals surface area contributed by atoms with Crippen LogP contribution in [0.1, 0.15) is 44.7 Å². The zero-order chi connectivity index (χ0) is 15.4. The minimum Gasteiger partial charge on any atom is -0.319 e. The van der Waals surface area contributed by atoms with E-state index in [9.17, 15) is 4.39 Å². The van der Waals surface area contributed by atoms with Gasteiger partial charge < -0.3 is 5.32 Å². The van der Waals surface area contributed by atoms with Gasteiger partial charge in [-0.2, -0.15) is 0 Å². The van der Waals surface area contributed by atoms with Gasteiger partial charge in [-0.25, -0.2) is 4.39 Å². The van der Waals surface area contributed by atoms with Gasteiger partial charge in [-0.1, -0.05) is 12.5 Å². The lowest BCUT2D eigenvalue weighted by Crippen LogP contribution is -2.40. The van der Waals surface area contributed by atoms with Crippen LogP contribution in [0.4, 0.5) is 4.39 Å². The minimum atomic E-state index is -0.186. The fraction of sp³-hybridized carbons (Fsp3) is 0.647. The highest BCUT2D eigenvalue weighted by atomic mass is 79.9. The molecule has 1 saturated heterocycles. The molecule has 1 N–H and O–H groups in total. The Bertz CT molecular complexity index is 464. The highest BCUT2D eigenvalue weighted by Crippen LogP contribution is 2.37. The molecular formula is C17H26BrFN2. The van der Waals surface area contributed by atoms with Gasteiger partial charge >= 0.3 is 0 Å². The third kappa shape index (κ3) is 4.05. The van der Waals surface area contributed by atoms with Crippen LogP contribution in [0.25, 0.3) is 0 Å². The van der Waals surface area contributed by atoms with Gasteiger partial charge in [0, 0.05) is 12.1 Å². The molecule has 118 valence electrons. The molecule has 4 heteroatoms. The number of nitrogens with zero attached hydrogens (tertiary/aromatic N) is 1. The van der Waals surface area contributed by atoms with Crippen LogP contribution in [0.15, 0.2) is 22.7 Å². The summed E-state index contributed by atoms with van der Waals surface area (Å²) in [6.07, 6.45) is 3.75. The van der Waals surface area contributed by atoms with Crippen LogP contribution in [0, 0.1) is 11.7 Å². The molecule has 1 aromatic carbocycles. The summed E-state index contributed by atoms with van der Waals surface area (Å²) in [6.45, 7) is 6.64. The Morgan fingerprint density at radius 2 is 2.14 bits per heavy atom. The molecule has 2 nitrogen and oxygen atoms in total. The molecule has 1 aliphatic rings. The van der Waals surface area contributed by atoms with Crippen LogP contribution in [0.2, 0.25) is 0 Å². The van der Waals surface area contributed by atoms with Gasteiger partial charge in [-0.15, -0.1) is 0 Å². The SMILES string of the molecule is CNCC1CCCCN(C(C)C)C1c1ccc(F)c(Br)c1. The number of likely N-dealkylation sites (tertiary alicyclic amines) is 1. The average Bonchev–Trinajstić information content (AvgIpc) is 2.65. The van der Waals surface area contributed by atoms with Crippen LogP contribution in [-0.2, 0) is 0 Å². The van der Waals surface area contributed by atoms with Crippen LogP contribution >= 0.6 is 15.9 Å². The Morgan fingerprint density at radius 3 is 2.76 bits per heavy atom. The largest absolute Gasteiger partial charge is 0.319 e. The summed E-state index contributed by atoms with van der Waals surface area (Å²) < 4.78 is 14.1. The lowest BCUT2D eigenvalue weighted by Gasteiger charge is -2.38. The molecule has 0 bridgehead atoms. The second-order valence-electron chi connectivity index (χ2n) is 6.26. The summed E-state index contributed by atoms with van der Waals surface area (Å²) in [6, 6.07) is 6.35. The van der Waals surface area contributed by atoms with E-state index in [0.29, 0.717) is 22.5 Å². The van der Waals surface area contributed by atoms with Gasteiger partial charge in [0.15, 0.2) is 0 Å². The van der Waals surface area contributed by atoms with E-state index in [0.717, 1.165) is 13.1 Å². The van der Waals surface area contributed by atoms with E-state index in [1.807, 2.05) is 19.2 Å². The number of halogens is 2. The molecule has 1 aliphatic heterocycles. The fourth-order valence-electron chi connectivity index (χ4n) is 3.48. The number of hydrogen-bond acceptors (Lipinski definition) is 2. The summed E-state index contributed by atoms with van der Waals surface area (Å²) in [7, 11) is 2.02.